The van der Waals surface area contributed by atoms with E-state index in [1.807, 2.05) is 58.0 Å². The standard InChI is InChI=1S/C21H27N3O2/c1-5-16(4)23-20(25)18-11-19(13-22-12-18)21(26)24(15(2)3)14-17-9-7-6-8-10-17/h6-13,15-16H,5,14H2,1-4H3,(H,23,25). The van der Waals surface area contributed by atoms with Crippen molar-refractivity contribution in [1.82, 2.24) is 15.2 Å². The number of aromatic nitrogens is 1. The van der Waals surface area contributed by atoms with E-state index in [1.54, 1.807) is 11.0 Å². The molecule has 5 nitrogen and oxygen atoms in total. The number of nitrogens with one attached hydrogen (secondary N) is 1. The minimum atomic E-state index is -0.208. The van der Waals surface area contributed by atoms with Crippen LogP contribution in [0.15, 0.2) is 48.8 Å². The summed E-state index contributed by atoms with van der Waals surface area (Å²) >= 11 is 0. The van der Waals surface area contributed by atoms with Gasteiger partial charge < -0.3 is 10.2 Å². The molecule has 0 aliphatic rings. The van der Waals surface area contributed by atoms with Gasteiger partial charge in [0.15, 0.2) is 0 Å². The molecule has 0 saturated carbocycles. The first-order valence-corrected chi connectivity index (χ1v) is 9.03. The quantitative estimate of drug-likeness (QED) is 0.826. The molecule has 1 N–H and O–H groups in total. The van der Waals surface area contributed by atoms with Gasteiger partial charge in [-0.1, -0.05) is 37.3 Å². The van der Waals surface area contributed by atoms with E-state index in [4.69, 9.17) is 0 Å². The zero-order chi connectivity index (χ0) is 19.1. The molecule has 2 amide bonds. The van der Waals surface area contributed by atoms with E-state index < -0.39 is 0 Å². The Bertz CT molecular complexity index is 744. The fourth-order valence-corrected chi connectivity index (χ4v) is 2.53. The summed E-state index contributed by atoms with van der Waals surface area (Å²) in [6.07, 6.45) is 3.85. The first-order chi connectivity index (χ1) is 12.4. The monoisotopic (exact) mass is 353 g/mol. The van der Waals surface area contributed by atoms with Crippen molar-refractivity contribution in [3.8, 4) is 0 Å². The van der Waals surface area contributed by atoms with E-state index in [-0.39, 0.29) is 23.9 Å². The summed E-state index contributed by atoms with van der Waals surface area (Å²) in [4.78, 5) is 31.2. The zero-order valence-electron chi connectivity index (χ0n) is 15.9. The summed E-state index contributed by atoms with van der Waals surface area (Å²) in [5.41, 5.74) is 1.89. The van der Waals surface area contributed by atoms with Crippen molar-refractivity contribution in [3.63, 3.8) is 0 Å². The molecule has 138 valence electrons. The van der Waals surface area contributed by atoms with Crippen molar-refractivity contribution in [1.29, 1.82) is 0 Å². The van der Waals surface area contributed by atoms with Gasteiger partial charge in [0.2, 0.25) is 0 Å². The number of nitrogens with zero attached hydrogens (tertiary/aromatic N) is 2. The molecule has 0 fully saturated rings. The van der Waals surface area contributed by atoms with Crippen LogP contribution in [0.1, 0.15) is 60.4 Å². The average molecular weight is 353 g/mol. The number of pyridine rings is 1. The van der Waals surface area contributed by atoms with Crippen LogP contribution >= 0.6 is 0 Å². The summed E-state index contributed by atoms with van der Waals surface area (Å²) in [5.74, 6) is -0.338. The van der Waals surface area contributed by atoms with E-state index in [0.717, 1.165) is 12.0 Å². The lowest BCUT2D eigenvalue weighted by molar-refractivity contribution is 0.0690. The van der Waals surface area contributed by atoms with Crippen molar-refractivity contribution in [2.45, 2.75) is 52.7 Å². The van der Waals surface area contributed by atoms with Crippen molar-refractivity contribution in [3.05, 3.63) is 65.5 Å². The summed E-state index contributed by atoms with van der Waals surface area (Å²) in [6, 6.07) is 11.6. The highest BCUT2D eigenvalue weighted by molar-refractivity contribution is 5.99. The Hall–Kier alpha value is -2.69. The Morgan fingerprint density at radius 3 is 2.35 bits per heavy atom. The molecule has 1 heterocycles. The Balaban J connectivity index is 2.21. The maximum absolute atomic E-state index is 13.0. The lowest BCUT2D eigenvalue weighted by Crippen LogP contribution is -2.37. The lowest BCUT2D eigenvalue weighted by atomic mass is 10.1. The SMILES string of the molecule is CCC(C)NC(=O)c1cncc(C(=O)N(Cc2ccccc2)C(C)C)c1. The minimum absolute atomic E-state index is 0.0281. The van der Waals surface area contributed by atoms with Gasteiger partial charge in [0.05, 0.1) is 11.1 Å². The fraction of sp³-hybridized carbons (Fsp3) is 0.381. The van der Waals surface area contributed by atoms with Crippen molar-refractivity contribution >= 4 is 11.8 Å². The number of amides is 2. The normalized spacial score (nSPS) is 11.9. The number of benzene rings is 1. The lowest BCUT2D eigenvalue weighted by Gasteiger charge is -2.27. The number of hydrogen-bond acceptors (Lipinski definition) is 3. The maximum Gasteiger partial charge on any atom is 0.255 e. The van der Waals surface area contributed by atoms with Gasteiger partial charge in [0, 0.05) is 31.0 Å². The minimum Gasteiger partial charge on any atom is -0.350 e. The molecule has 1 unspecified atom stereocenters. The van der Waals surface area contributed by atoms with Crippen LogP contribution in [-0.4, -0.2) is 33.8 Å². The molecule has 0 saturated heterocycles. The Morgan fingerprint density at radius 1 is 1.08 bits per heavy atom. The third-order valence-electron chi connectivity index (χ3n) is 4.32. The zero-order valence-corrected chi connectivity index (χ0v) is 15.9. The predicted octanol–water partition coefficient (Wildman–Crippen LogP) is 3.66. The molecule has 0 aliphatic heterocycles. The molecule has 2 rings (SSSR count). The molecule has 0 radical (unpaired) electrons. The Morgan fingerprint density at radius 2 is 1.73 bits per heavy atom. The molecule has 1 aromatic heterocycles. The van der Waals surface area contributed by atoms with E-state index >= 15 is 0 Å². The van der Waals surface area contributed by atoms with Crippen LogP contribution < -0.4 is 5.32 Å². The smallest absolute Gasteiger partial charge is 0.255 e. The summed E-state index contributed by atoms with van der Waals surface area (Å²) in [5, 5.41) is 2.90. The molecule has 0 aliphatic carbocycles. The van der Waals surface area contributed by atoms with E-state index in [1.165, 1.54) is 12.4 Å². The third kappa shape index (κ3) is 5.15. The number of carbonyl (C=O) groups excluding carboxylic acids is 2. The molecule has 5 heteroatoms. The summed E-state index contributed by atoms with van der Waals surface area (Å²) in [7, 11) is 0. The number of hydrogen-bond donors (Lipinski definition) is 1. The molecule has 2 aromatic rings. The van der Waals surface area contributed by atoms with Gasteiger partial charge >= 0.3 is 0 Å². The van der Waals surface area contributed by atoms with E-state index in [2.05, 4.69) is 10.3 Å². The van der Waals surface area contributed by atoms with Crippen molar-refractivity contribution in [2.24, 2.45) is 0 Å². The molecule has 26 heavy (non-hydrogen) atoms. The van der Waals surface area contributed by atoms with Gasteiger partial charge in [0.25, 0.3) is 11.8 Å². The molecular weight excluding hydrogens is 326 g/mol. The van der Waals surface area contributed by atoms with Crippen LogP contribution in [0, 0.1) is 0 Å². The van der Waals surface area contributed by atoms with Crippen LogP contribution in [0.25, 0.3) is 0 Å². The predicted molar refractivity (Wildman–Crippen MR) is 103 cm³/mol. The van der Waals surface area contributed by atoms with Crippen LogP contribution in [0.3, 0.4) is 0 Å². The molecule has 1 atom stereocenters. The van der Waals surface area contributed by atoms with Gasteiger partial charge in [-0.25, -0.2) is 0 Å². The average Bonchev–Trinajstić information content (AvgIpc) is 2.66. The first-order valence-electron chi connectivity index (χ1n) is 9.03. The van der Waals surface area contributed by atoms with Crippen LogP contribution in [0.4, 0.5) is 0 Å². The summed E-state index contributed by atoms with van der Waals surface area (Å²) < 4.78 is 0. The topological polar surface area (TPSA) is 62.3 Å². The van der Waals surface area contributed by atoms with Crippen LogP contribution in [-0.2, 0) is 6.54 Å². The summed E-state index contributed by atoms with van der Waals surface area (Å²) in [6.45, 7) is 8.43. The second-order valence-corrected chi connectivity index (χ2v) is 6.76. The van der Waals surface area contributed by atoms with Gasteiger partial charge in [-0.2, -0.15) is 0 Å². The Labute approximate surface area is 155 Å². The highest BCUT2D eigenvalue weighted by atomic mass is 16.2. The van der Waals surface area contributed by atoms with Crippen molar-refractivity contribution < 1.29 is 9.59 Å². The highest BCUT2D eigenvalue weighted by Crippen LogP contribution is 2.14. The fourth-order valence-electron chi connectivity index (χ4n) is 2.53. The second kappa shape index (κ2) is 9.13. The maximum atomic E-state index is 13.0. The Kier molecular flexibility index (Phi) is 6.89. The van der Waals surface area contributed by atoms with Gasteiger partial charge in [0.1, 0.15) is 0 Å². The van der Waals surface area contributed by atoms with E-state index in [9.17, 15) is 9.59 Å². The second-order valence-electron chi connectivity index (χ2n) is 6.76. The van der Waals surface area contributed by atoms with Gasteiger partial charge in [-0.3, -0.25) is 14.6 Å². The number of carbonyl (C=O) groups is 2. The molecular formula is C21H27N3O2. The third-order valence-corrected chi connectivity index (χ3v) is 4.32. The van der Waals surface area contributed by atoms with Crippen LogP contribution in [0.2, 0.25) is 0 Å². The molecule has 1 aromatic carbocycles. The highest BCUT2D eigenvalue weighted by Gasteiger charge is 2.21. The molecule has 0 spiro atoms. The molecule has 0 bridgehead atoms. The van der Waals surface area contributed by atoms with Crippen molar-refractivity contribution in [2.75, 3.05) is 0 Å². The number of rotatable bonds is 7. The largest absolute Gasteiger partial charge is 0.350 e. The van der Waals surface area contributed by atoms with Crippen LogP contribution in [0.5, 0.6) is 0 Å². The van der Waals surface area contributed by atoms with Gasteiger partial charge in [-0.05, 0) is 38.8 Å². The first kappa shape index (κ1) is 19.6. The van der Waals surface area contributed by atoms with Gasteiger partial charge in [-0.15, -0.1) is 0 Å². The van der Waals surface area contributed by atoms with E-state index in [0.29, 0.717) is 17.7 Å².